The van der Waals surface area contributed by atoms with E-state index in [0.29, 0.717) is 39.0 Å². The number of rotatable bonds is 8. The van der Waals surface area contributed by atoms with Gasteiger partial charge in [-0.25, -0.2) is 26.4 Å². The van der Waals surface area contributed by atoms with E-state index in [0.717, 1.165) is 24.8 Å². The Balaban J connectivity index is 1.28. The summed E-state index contributed by atoms with van der Waals surface area (Å²) < 4.78 is 61.2. The Morgan fingerprint density at radius 2 is 1.53 bits per heavy atom. The number of benzene rings is 2. The van der Waals surface area contributed by atoms with Gasteiger partial charge in [0.25, 0.3) is 0 Å². The lowest BCUT2D eigenvalue weighted by atomic mass is 9.97. The summed E-state index contributed by atoms with van der Waals surface area (Å²) in [6.07, 6.45) is 3.53. The van der Waals surface area contributed by atoms with E-state index in [2.05, 4.69) is 4.72 Å². The van der Waals surface area contributed by atoms with Crippen molar-refractivity contribution in [3.63, 3.8) is 0 Å². The van der Waals surface area contributed by atoms with E-state index >= 15 is 0 Å². The number of carbonyl (C=O) groups excluding carboxylic acids is 1. The van der Waals surface area contributed by atoms with Gasteiger partial charge in [-0.3, -0.25) is 0 Å². The van der Waals surface area contributed by atoms with Gasteiger partial charge >= 0.3 is 6.09 Å². The van der Waals surface area contributed by atoms with Crippen LogP contribution in [0.25, 0.3) is 0 Å². The maximum absolute atomic E-state index is 13.0. The van der Waals surface area contributed by atoms with Gasteiger partial charge < -0.3 is 9.64 Å². The molecule has 2 aliphatic heterocycles. The minimum atomic E-state index is -3.88. The molecular weight excluding hydrogens is 502 g/mol. The molecule has 1 N–H and O–H groups in total. The Morgan fingerprint density at radius 1 is 0.861 bits per heavy atom. The van der Waals surface area contributed by atoms with Gasteiger partial charge in [0.05, 0.1) is 9.79 Å². The third kappa shape index (κ3) is 6.64. The monoisotopic (exact) mass is 535 g/mol. The van der Waals surface area contributed by atoms with E-state index in [9.17, 15) is 21.6 Å². The topological polar surface area (TPSA) is 113 Å². The molecule has 0 bridgehead atoms. The summed E-state index contributed by atoms with van der Waals surface area (Å²) in [6.45, 7) is 2.32. The Kier molecular flexibility index (Phi) is 8.66. The first-order valence-electron chi connectivity index (χ1n) is 12.3. The molecule has 0 saturated carbocycles. The number of nitrogens with zero attached hydrogens (tertiary/aromatic N) is 2. The molecule has 11 heteroatoms. The number of hydrogen-bond donors (Lipinski definition) is 1. The van der Waals surface area contributed by atoms with Gasteiger partial charge in [-0.15, -0.1) is 0 Å². The van der Waals surface area contributed by atoms with E-state index in [4.69, 9.17) is 4.74 Å². The van der Waals surface area contributed by atoms with E-state index in [1.54, 1.807) is 4.90 Å². The number of carbonyl (C=O) groups is 1. The lowest BCUT2D eigenvalue weighted by Gasteiger charge is -2.31. The van der Waals surface area contributed by atoms with Gasteiger partial charge in [0.1, 0.15) is 6.61 Å². The van der Waals surface area contributed by atoms with Crippen molar-refractivity contribution in [2.45, 2.75) is 48.5 Å². The minimum absolute atomic E-state index is 0.00500. The fraction of sp³-hybridized carbons (Fsp3) is 0.480. The molecule has 4 rings (SSSR count). The molecule has 0 unspecified atom stereocenters. The van der Waals surface area contributed by atoms with Gasteiger partial charge in [0, 0.05) is 32.7 Å². The van der Waals surface area contributed by atoms with Crippen molar-refractivity contribution < 1.29 is 26.4 Å². The highest BCUT2D eigenvalue weighted by molar-refractivity contribution is 7.90. The molecule has 2 aromatic rings. The molecule has 2 heterocycles. The molecule has 0 spiro atoms. The molecule has 2 fully saturated rings. The summed E-state index contributed by atoms with van der Waals surface area (Å²) in [7, 11) is -7.61. The van der Waals surface area contributed by atoms with Crippen LogP contribution in [0.2, 0.25) is 0 Å². The van der Waals surface area contributed by atoms with Crippen LogP contribution < -0.4 is 4.72 Å². The first-order valence-corrected chi connectivity index (χ1v) is 15.2. The van der Waals surface area contributed by atoms with Gasteiger partial charge in [0.2, 0.25) is 20.0 Å². The van der Waals surface area contributed by atoms with Crippen molar-refractivity contribution in [3.05, 3.63) is 60.2 Å². The largest absolute Gasteiger partial charge is 0.445 e. The van der Waals surface area contributed by atoms with Crippen LogP contribution in [0, 0.1) is 5.92 Å². The van der Waals surface area contributed by atoms with E-state index < -0.39 is 20.0 Å². The summed E-state index contributed by atoms with van der Waals surface area (Å²) in [5.41, 5.74) is 0.919. The number of nitrogens with one attached hydrogen (secondary N) is 1. The predicted octanol–water partition coefficient (Wildman–Crippen LogP) is 3.19. The Labute approximate surface area is 213 Å². The molecule has 0 atom stereocenters. The van der Waals surface area contributed by atoms with E-state index in [1.165, 1.54) is 28.6 Å². The second-order valence-electron chi connectivity index (χ2n) is 9.26. The number of likely N-dealkylation sites (tertiary alicyclic amines) is 1. The molecule has 9 nitrogen and oxygen atoms in total. The van der Waals surface area contributed by atoms with Crippen molar-refractivity contribution in [2.24, 2.45) is 5.92 Å². The molecule has 2 saturated heterocycles. The Morgan fingerprint density at radius 3 is 2.22 bits per heavy atom. The number of ether oxygens (including phenoxy) is 1. The van der Waals surface area contributed by atoms with Crippen LogP contribution >= 0.6 is 0 Å². The number of amides is 1. The lowest BCUT2D eigenvalue weighted by Crippen LogP contribution is -2.41. The van der Waals surface area contributed by atoms with Crippen molar-refractivity contribution in [1.82, 2.24) is 13.9 Å². The molecule has 0 aliphatic carbocycles. The SMILES string of the molecule is O=C(OCc1ccccc1)N1CCC(CNS(=O)(=O)c2cccc(S(=O)(=O)N3CCCCC3)c2)CC1. The second-order valence-corrected chi connectivity index (χ2v) is 13.0. The van der Waals surface area contributed by atoms with Crippen molar-refractivity contribution in [2.75, 3.05) is 32.7 Å². The van der Waals surface area contributed by atoms with E-state index in [1.807, 2.05) is 30.3 Å². The first-order chi connectivity index (χ1) is 17.3. The van der Waals surface area contributed by atoms with Gasteiger partial charge in [0.15, 0.2) is 0 Å². The molecular formula is C25H33N3O6S2. The number of sulfonamides is 2. The first kappa shape index (κ1) is 26.6. The zero-order chi connectivity index (χ0) is 25.6. The van der Waals surface area contributed by atoms with Crippen molar-refractivity contribution >= 4 is 26.1 Å². The highest BCUT2D eigenvalue weighted by Crippen LogP contribution is 2.23. The Hall–Kier alpha value is -2.47. The van der Waals surface area contributed by atoms with Crippen LogP contribution in [0.5, 0.6) is 0 Å². The normalized spacial score (nSPS) is 18.2. The van der Waals surface area contributed by atoms with Crippen molar-refractivity contribution in [3.8, 4) is 0 Å². The minimum Gasteiger partial charge on any atom is -0.445 e. The van der Waals surface area contributed by atoms with Crippen LogP contribution in [0.4, 0.5) is 4.79 Å². The number of hydrogen-bond acceptors (Lipinski definition) is 6. The second kappa shape index (κ2) is 11.7. The molecule has 2 aliphatic rings. The summed E-state index contributed by atoms with van der Waals surface area (Å²) in [6, 6.07) is 15.0. The van der Waals surface area contributed by atoms with Crippen LogP contribution in [-0.2, 0) is 31.4 Å². The molecule has 0 radical (unpaired) electrons. The van der Waals surface area contributed by atoms with Crippen LogP contribution in [-0.4, -0.2) is 64.9 Å². The smallest absolute Gasteiger partial charge is 0.410 e. The summed E-state index contributed by atoms with van der Waals surface area (Å²) >= 11 is 0. The summed E-state index contributed by atoms with van der Waals surface area (Å²) in [5.74, 6) is 0.0678. The quantitative estimate of drug-likeness (QED) is 0.556. The molecule has 1 amide bonds. The predicted molar refractivity (Wildman–Crippen MR) is 135 cm³/mol. The average Bonchev–Trinajstić information content (AvgIpc) is 2.92. The van der Waals surface area contributed by atoms with E-state index in [-0.39, 0.29) is 35.0 Å². The zero-order valence-electron chi connectivity index (χ0n) is 20.2. The maximum Gasteiger partial charge on any atom is 0.410 e. The third-order valence-corrected chi connectivity index (χ3v) is 10.0. The highest BCUT2D eigenvalue weighted by Gasteiger charge is 2.28. The molecule has 36 heavy (non-hydrogen) atoms. The van der Waals surface area contributed by atoms with Crippen molar-refractivity contribution in [1.29, 1.82) is 0 Å². The highest BCUT2D eigenvalue weighted by atomic mass is 32.2. The van der Waals surface area contributed by atoms with Crippen LogP contribution in [0.15, 0.2) is 64.4 Å². The maximum atomic E-state index is 13.0. The summed E-state index contributed by atoms with van der Waals surface area (Å²) in [4.78, 5) is 13.9. The molecule has 0 aromatic heterocycles. The van der Waals surface area contributed by atoms with Gasteiger partial charge in [-0.2, -0.15) is 4.31 Å². The third-order valence-electron chi connectivity index (χ3n) is 6.71. The lowest BCUT2D eigenvalue weighted by molar-refractivity contribution is 0.0826. The summed E-state index contributed by atoms with van der Waals surface area (Å²) in [5, 5.41) is 0. The molecule has 196 valence electrons. The Bertz CT molecular complexity index is 1240. The number of piperidine rings is 2. The fourth-order valence-electron chi connectivity index (χ4n) is 4.50. The van der Waals surface area contributed by atoms with Gasteiger partial charge in [-0.05, 0) is 55.4 Å². The van der Waals surface area contributed by atoms with Crippen LogP contribution in [0.3, 0.4) is 0 Å². The zero-order valence-corrected chi connectivity index (χ0v) is 21.8. The fourth-order valence-corrected chi connectivity index (χ4v) is 7.30. The standard InChI is InChI=1S/C25H33N3O6S2/c29-25(34-20-22-8-3-1-4-9-22)27-16-12-21(13-17-27)19-26-35(30,31)23-10-7-11-24(18-23)36(32,33)28-14-5-2-6-15-28/h1,3-4,7-11,18,21,26H,2,5-6,12-17,19-20H2. The van der Waals surface area contributed by atoms with Gasteiger partial charge in [-0.1, -0.05) is 42.8 Å². The average molecular weight is 536 g/mol. The van der Waals surface area contributed by atoms with Crippen LogP contribution in [0.1, 0.15) is 37.7 Å². The molecule has 2 aromatic carbocycles.